The Balaban J connectivity index is 1.44. The van der Waals surface area contributed by atoms with Crippen LogP contribution in [0.4, 0.5) is 0 Å². The predicted molar refractivity (Wildman–Crippen MR) is 146 cm³/mol. The van der Waals surface area contributed by atoms with Crippen molar-refractivity contribution in [2.75, 3.05) is 20.8 Å². The van der Waals surface area contributed by atoms with Crippen molar-refractivity contribution in [3.8, 4) is 17.2 Å². The summed E-state index contributed by atoms with van der Waals surface area (Å²) in [7, 11) is 3.18. The van der Waals surface area contributed by atoms with Gasteiger partial charge in [-0.1, -0.05) is 30.3 Å². The molecule has 0 radical (unpaired) electrons. The summed E-state index contributed by atoms with van der Waals surface area (Å²) in [5, 5.41) is 3.12. The summed E-state index contributed by atoms with van der Waals surface area (Å²) in [6, 6.07) is 19.5. The van der Waals surface area contributed by atoms with E-state index in [1.165, 1.54) is 5.56 Å². The number of aryl methyl sites for hydroxylation is 3. The molecule has 194 valence electrons. The number of imidazole rings is 1. The molecule has 0 aliphatic carbocycles. The molecule has 0 fully saturated rings. The molecule has 1 atom stereocenters. The Labute approximate surface area is 218 Å². The number of carbonyl (C=O) groups is 1. The second kappa shape index (κ2) is 11.8. The lowest BCUT2D eigenvalue weighted by Crippen LogP contribution is -2.30. The van der Waals surface area contributed by atoms with Crippen molar-refractivity contribution in [2.24, 2.45) is 0 Å². The molecule has 1 heterocycles. The molecule has 0 aliphatic rings. The Morgan fingerprint density at radius 3 is 2.54 bits per heavy atom. The summed E-state index contributed by atoms with van der Waals surface area (Å²) in [6.45, 7) is 7.42. The zero-order valence-electron chi connectivity index (χ0n) is 22.2. The molecule has 37 heavy (non-hydrogen) atoms. The minimum absolute atomic E-state index is 0.0865. The molecule has 0 aliphatic heterocycles. The quantitative estimate of drug-likeness (QED) is 0.272. The van der Waals surface area contributed by atoms with Crippen LogP contribution in [-0.4, -0.2) is 36.3 Å². The van der Waals surface area contributed by atoms with E-state index in [1.54, 1.807) is 14.2 Å². The first-order valence-electron chi connectivity index (χ1n) is 12.5. The lowest BCUT2D eigenvalue weighted by atomic mass is 10.1. The molecule has 4 rings (SSSR count). The maximum atomic E-state index is 12.9. The number of aromatic nitrogens is 2. The van der Waals surface area contributed by atoms with Crippen LogP contribution in [0.5, 0.6) is 17.2 Å². The highest BCUT2D eigenvalue weighted by atomic mass is 16.5. The molecule has 1 unspecified atom stereocenters. The number of methoxy groups -OCH3 is 2. The SMILES string of the molecule is COc1ccc(CC(=O)NC(C)c2nc3ccccc3n2CCCOc2cc(C)ccc2C)cc1OC. The number of ether oxygens (including phenoxy) is 3. The maximum absolute atomic E-state index is 12.9. The van der Waals surface area contributed by atoms with E-state index in [-0.39, 0.29) is 18.4 Å². The van der Waals surface area contributed by atoms with Crippen molar-refractivity contribution in [2.45, 2.75) is 46.2 Å². The molecule has 0 saturated heterocycles. The summed E-state index contributed by atoms with van der Waals surface area (Å²) >= 11 is 0. The first-order valence-corrected chi connectivity index (χ1v) is 12.5. The largest absolute Gasteiger partial charge is 0.493 e. The summed E-state index contributed by atoms with van der Waals surface area (Å²) in [4.78, 5) is 17.8. The fourth-order valence-corrected chi connectivity index (χ4v) is 4.46. The van der Waals surface area contributed by atoms with E-state index in [1.807, 2.05) is 43.3 Å². The molecule has 3 aromatic carbocycles. The van der Waals surface area contributed by atoms with Gasteiger partial charge in [0.05, 0.1) is 44.3 Å². The molecule has 0 bridgehead atoms. The van der Waals surface area contributed by atoms with E-state index in [2.05, 4.69) is 48.0 Å². The van der Waals surface area contributed by atoms with Gasteiger partial charge in [-0.25, -0.2) is 4.98 Å². The minimum atomic E-state index is -0.264. The van der Waals surface area contributed by atoms with E-state index in [0.29, 0.717) is 18.1 Å². The zero-order valence-corrected chi connectivity index (χ0v) is 22.2. The second-order valence-electron chi connectivity index (χ2n) is 9.24. The number of rotatable bonds is 11. The van der Waals surface area contributed by atoms with Crippen molar-refractivity contribution in [1.82, 2.24) is 14.9 Å². The van der Waals surface area contributed by atoms with Gasteiger partial charge in [0.2, 0.25) is 5.91 Å². The number of fused-ring (bicyclic) bond motifs is 1. The van der Waals surface area contributed by atoms with Gasteiger partial charge in [0.1, 0.15) is 11.6 Å². The highest BCUT2D eigenvalue weighted by Crippen LogP contribution is 2.28. The van der Waals surface area contributed by atoms with Crippen molar-refractivity contribution in [3.05, 3.63) is 83.2 Å². The first kappa shape index (κ1) is 26.1. The van der Waals surface area contributed by atoms with Gasteiger partial charge in [0.25, 0.3) is 0 Å². The lowest BCUT2D eigenvalue weighted by Gasteiger charge is -2.17. The van der Waals surface area contributed by atoms with Crippen LogP contribution in [0.1, 0.15) is 41.9 Å². The number of hydrogen-bond donors (Lipinski definition) is 1. The standard InChI is InChI=1S/C30H35N3O4/c1-20-11-12-21(2)27(17-20)37-16-8-15-33-25-10-7-6-9-24(25)32-30(33)22(3)31-29(34)19-23-13-14-26(35-4)28(18-23)36-5/h6-7,9-14,17-18,22H,8,15-16,19H2,1-5H3,(H,31,34). The molecule has 0 saturated carbocycles. The molecular weight excluding hydrogens is 466 g/mol. The predicted octanol–water partition coefficient (Wildman–Crippen LogP) is 5.56. The Morgan fingerprint density at radius 2 is 1.76 bits per heavy atom. The van der Waals surface area contributed by atoms with Crippen LogP contribution in [-0.2, 0) is 17.8 Å². The lowest BCUT2D eigenvalue weighted by molar-refractivity contribution is -0.121. The van der Waals surface area contributed by atoms with Crippen molar-refractivity contribution in [3.63, 3.8) is 0 Å². The molecule has 0 spiro atoms. The third kappa shape index (κ3) is 6.23. The van der Waals surface area contributed by atoms with E-state index >= 15 is 0 Å². The average Bonchev–Trinajstić information content (AvgIpc) is 3.27. The molecule has 1 N–H and O–H groups in total. The number of nitrogens with zero attached hydrogens (tertiary/aromatic N) is 2. The maximum Gasteiger partial charge on any atom is 0.224 e. The van der Waals surface area contributed by atoms with Crippen LogP contribution in [0.25, 0.3) is 11.0 Å². The van der Waals surface area contributed by atoms with Crippen LogP contribution < -0.4 is 19.5 Å². The third-order valence-electron chi connectivity index (χ3n) is 6.39. The smallest absolute Gasteiger partial charge is 0.224 e. The summed E-state index contributed by atoms with van der Waals surface area (Å²) in [6.07, 6.45) is 1.04. The van der Waals surface area contributed by atoms with Gasteiger partial charge in [-0.2, -0.15) is 0 Å². The molecule has 1 aromatic heterocycles. The van der Waals surface area contributed by atoms with Crippen LogP contribution in [0.2, 0.25) is 0 Å². The van der Waals surface area contributed by atoms with Crippen LogP contribution in [0, 0.1) is 13.8 Å². The highest BCUT2D eigenvalue weighted by Gasteiger charge is 2.19. The number of nitrogens with one attached hydrogen (secondary N) is 1. The Hall–Kier alpha value is -4.00. The van der Waals surface area contributed by atoms with Gasteiger partial charge in [-0.3, -0.25) is 4.79 Å². The van der Waals surface area contributed by atoms with E-state index in [4.69, 9.17) is 19.2 Å². The zero-order chi connectivity index (χ0) is 26.4. The van der Waals surface area contributed by atoms with Gasteiger partial charge in [0.15, 0.2) is 11.5 Å². The van der Waals surface area contributed by atoms with Crippen molar-refractivity contribution >= 4 is 16.9 Å². The van der Waals surface area contributed by atoms with Gasteiger partial charge < -0.3 is 24.1 Å². The molecule has 4 aromatic rings. The first-order chi connectivity index (χ1) is 17.9. The fraction of sp³-hybridized carbons (Fsp3) is 0.333. The van der Waals surface area contributed by atoms with Crippen LogP contribution in [0.15, 0.2) is 60.7 Å². The molecule has 7 nitrogen and oxygen atoms in total. The van der Waals surface area contributed by atoms with Gasteiger partial charge in [-0.05, 0) is 74.2 Å². The van der Waals surface area contributed by atoms with Gasteiger partial charge >= 0.3 is 0 Å². The van der Waals surface area contributed by atoms with Crippen molar-refractivity contribution in [1.29, 1.82) is 0 Å². The number of carbonyl (C=O) groups excluding carboxylic acids is 1. The number of hydrogen-bond acceptors (Lipinski definition) is 5. The summed E-state index contributed by atoms with van der Waals surface area (Å²) < 4.78 is 18.9. The van der Waals surface area contributed by atoms with Crippen LogP contribution in [0.3, 0.4) is 0 Å². The second-order valence-corrected chi connectivity index (χ2v) is 9.24. The van der Waals surface area contributed by atoms with Crippen molar-refractivity contribution < 1.29 is 19.0 Å². The van der Waals surface area contributed by atoms with E-state index in [9.17, 15) is 4.79 Å². The molecule has 7 heteroatoms. The average molecular weight is 502 g/mol. The number of para-hydroxylation sites is 2. The highest BCUT2D eigenvalue weighted by molar-refractivity contribution is 5.80. The fourth-order valence-electron chi connectivity index (χ4n) is 4.46. The monoisotopic (exact) mass is 501 g/mol. The van der Waals surface area contributed by atoms with Crippen LogP contribution >= 0.6 is 0 Å². The topological polar surface area (TPSA) is 74.6 Å². The normalized spacial score (nSPS) is 11.8. The van der Waals surface area contributed by atoms with E-state index in [0.717, 1.165) is 46.7 Å². The van der Waals surface area contributed by atoms with Gasteiger partial charge in [0, 0.05) is 6.54 Å². The molecular formula is C30H35N3O4. The Bertz CT molecular complexity index is 1380. The number of benzene rings is 3. The van der Waals surface area contributed by atoms with Gasteiger partial charge in [-0.15, -0.1) is 0 Å². The minimum Gasteiger partial charge on any atom is -0.493 e. The molecule has 1 amide bonds. The third-order valence-corrected chi connectivity index (χ3v) is 6.39. The summed E-state index contributed by atoms with van der Waals surface area (Å²) in [5.41, 5.74) is 5.12. The number of amides is 1. The van der Waals surface area contributed by atoms with E-state index < -0.39 is 0 Å². The Kier molecular flexibility index (Phi) is 8.33. The summed E-state index contributed by atoms with van der Waals surface area (Å²) in [5.74, 6) is 2.90. The Morgan fingerprint density at radius 1 is 0.973 bits per heavy atom.